The van der Waals surface area contributed by atoms with Crippen molar-refractivity contribution in [3.63, 3.8) is 0 Å². The molecule has 0 radical (unpaired) electrons. The summed E-state index contributed by atoms with van der Waals surface area (Å²) in [6, 6.07) is 27.6. The van der Waals surface area contributed by atoms with Gasteiger partial charge in [-0.3, -0.25) is 14.5 Å². The summed E-state index contributed by atoms with van der Waals surface area (Å²) < 4.78 is 25.3. The minimum absolute atomic E-state index is 0.227. The highest BCUT2D eigenvalue weighted by molar-refractivity contribution is 7.92. The molecule has 0 aliphatic carbocycles. The summed E-state index contributed by atoms with van der Waals surface area (Å²) in [5.74, 6) is -0.227. The first kappa shape index (κ1) is 24.0. The smallest absolute Gasteiger partial charge is 0.256 e. The first-order valence-corrected chi connectivity index (χ1v) is 13.0. The Balaban J connectivity index is 1.40. The zero-order valence-corrected chi connectivity index (χ0v) is 20.0. The van der Waals surface area contributed by atoms with Crippen molar-refractivity contribution >= 4 is 33.0 Å². The zero-order valence-electron chi connectivity index (χ0n) is 19.2. The largest absolute Gasteiger partial charge is 0.385 e. The van der Waals surface area contributed by atoms with Gasteiger partial charge in [0.25, 0.3) is 5.91 Å². The number of pyridine rings is 1. The number of carbonyl (C=O) groups is 1. The van der Waals surface area contributed by atoms with E-state index in [0.717, 1.165) is 41.7 Å². The van der Waals surface area contributed by atoms with Gasteiger partial charge in [0.2, 0.25) is 10.0 Å². The first-order valence-electron chi connectivity index (χ1n) is 11.1. The Bertz CT molecular complexity index is 1390. The number of amides is 1. The van der Waals surface area contributed by atoms with Gasteiger partial charge in [0.1, 0.15) is 0 Å². The first-order chi connectivity index (χ1) is 16.9. The molecule has 8 heteroatoms. The average Bonchev–Trinajstić information content (AvgIpc) is 2.85. The summed E-state index contributed by atoms with van der Waals surface area (Å²) >= 11 is 0. The van der Waals surface area contributed by atoms with Gasteiger partial charge in [-0.15, -0.1) is 0 Å². The fourth-order valence-corrected chi connectivity index (χ4v) is 4.18. The lowest BCUT2D eigenvalue weighted by molar-refractivity contribution is 0.102. The quantitative estimate of drug-likeness (QED) is 0.308. The SMILES string of the molecule is CS(=O)(=O)Nc1ccc(-c2ccccc2C(=O)Nc2ccc(NCCc3ccccn3)cc2)cc1. The molecule has 0 saturated carbocycles. The summed E-state index contributed by atoms with van der Waals surface area (Å²) in [6.45, 7) is 0.759. The molecule has 0 fully saturated rings. The molecule has 0 atom stereocenters. The topological polar surface area (TPSA) is 100 Å². The van der Waals surface area contributed by atoms with Gasteiger partial charge in [-0.1, -0.05) is 36.4 Å². The second-order valence-corrected chi connectivity index (χ2v) is 9.77. The van der Waals surface area contributed by atoms with Crippen LogP contribution in [0, 0.1) is 0 Å². The van der Waals surface area contributed by atoms with Crippen LogP contribution in [0.2, 0.25) is 0 Å². The molecule has 4 aromatic rings. The number of benzene rings is 3. The van der Waals surface area contributed by atoms with Gasteiger partial charge in [-0.25, -0.2) is 8.42 Å². The second-order valence-electron chi connectivity index (χ2n) is 8.03. The Labute approximate surface area is 205 Å². The third kappa shape index (κ3) is 6.91. The Morgan fingerprint density at radius 2 is 1.46 bits per heavy atom. The van der Waals surface area contributed by atoms with E-state index >= 15 is 0 Å². The van der Waals surface area contributed by atoms with Crippen LogP contribution in [0.4, 0.5) is 17.1 Å². The molecule has 3 N–H and O–H groups in total. The highest BCUT2D eigenvalue weighted by Crippen LogP contribution is 2.26. The van der Waals surface area contributed by atoms with Gasteiger partial charge in [0, 0.05) is 47.5 Å². The molecule has 1 heterocycles. The molecule has 0 unspecified atom stereocenters. The van der Waals surface area contributed by atoms with E-state index in [9.17, 15) is 13.2 Å². The van der Waals surface area contributed by atoms with Gasteiger partial charge in [-0.05, 0) is 65.7 Å². The molecule has 0 aliphatic heterocycles. The molecule has 3 aromatic carbocycles. The lowest BCUT2D eigenvalue weighted by Crippen LogP contribution is -2.13. The van der Waals surface area contributed by atoms with Crippen LogP contribution in [0.3, 0.4) is 0 Å². The molecule has 7 nitrogen and oxygen atoms in total. The van der Waals surface area contributed by atoms with Crippen LogP contribution in [-0.4, -0.2) is 32.1 Å². The van der Waals surface area contributed by atoms with Crippen molar-refractivity contribution in [2.24, 2.45) is 0 Å². The molecule has 35 heavy (non-hydrogen) atoms. The van der Waals surface area contributed by atoms with E-state index in [-0.39, 0.29) is 5.91 Å². The van der Waals surface area contributed by atoms with Crippen LogP contribution >= 0.6 is 0 Å². The van der Waals surface area contributed by atoms with Gasteiger partial charge in [0.05, 0.1) is 6.26 Å². The third-order valence-electron chi connectivity index (χ3n) is 5.25. The van der Waals surface area contributed by atoms with E-state index in [4.69, 9.17) is 0 Å². The van der Waals surface area contributed by atoms with E-state index in [1.807, 2.05) is 60.7 Å². The van der Waals surface area contributed by atoms with Crippen molar-refractivity contribution < 1.29 is 13.2 Å². The van der Waals surface area contributed by atoms with E-state index in [0.29, 0.717) is 16.9 Å². The number of anilines is 3. The number of hydrogen-bond donors (Lipinski definition) is 3. The highest BCUT2D eigenvalue weighted by Gasteiger charge is 2.13. The maximum atomic E-state index is 13.1. The Morgan fingerprint density at radius 3 is 2.14 bits per heavy atom. The molecule has 0 saturated heterocycles. The highest BCUT2D eigenvalue weighted by atomic mass is 32.2. The summed E-state index contributed by atoms with van der Waals surface area (Å²) in [5.41, 5.74) is 5.23. The standard InChI is InChI=1S/C27H26N4O3S/c1-35(33,34)31-24-11-9-20(10-12-24)25-7-2-3-8-26(25)27(32)30-23-15-13-22(14-16-23)29-19-17-21-6-4-5-18-28-21/h2-16,18,29,31H,17,19H2,1H3,(H,30,32). The normalized spacial score (nSPS) is 11.0. The number of sulfonamides is 1. The van der Waals surface area contributed by atoms with Crippen LogP contribution in [0.5, 0.6) is 0 Å². The van der Waals surface area contributed by atoms with Crippen molar-refractivity contribution in [3.8, 4) is 11.1 Å². The Morgan fingerprint density at radius 1 is 0.800 bits per heavy atom. The second kappa shape index (κ2) is 10.8. The zero-order chi connectivity index (χ0) is 24.7. The van der Waals surface area contributed by atoms with Gasteiger partial charge >= 0.3 is 0 Å². The molecule has 0 bridgehead atoms. The summed E-state index contributed by atoms with van der Waals surface area (Å²) in [6.07, 6.45) is 3.71. The van der Waals surface area contributed by atoms with Crippen LogP contribution < -0.4 is 15.4 Å². The maximum Gasteiger partial charge on any atom is 0.256 e. The van der Waals surface area contributed by atoms with Gasteiger partial charge in [0.15, 0.2) is 0 Å². The lowest BCUT2D eigenvalue weighted by atomic mass is 9.99. The van der Waals surface area contributed by atoms with E-state index in [2.05, 4.69) is 20.3 Å². The third-order valence-corrected chi connectivity index (χ3v) is 5.86. The predicted octanol–water partition coefficient (Wildman–Crippen LogP) is 5.03. The van der Waals surface area contributed by atoms with Crippen molar-refractivity contribution in [3.05, 3.63) is 108 Å². The summed E-state index contributed by atoms with van der Waals surface area (Å²) in [4.78, 5) is 17.4. The molecular weight excluding hydrogens is 460 g/mol. The molecule has 0 spiro atoms. The molecule has 1 aromatic heterocycles. The van der Waals surface area contributed by atoms with Crippen molar-refractivity contribution in [2.75, 3.05) is 28.2 Å². The van der Waals surface area contributed by atoms with Crippen molar-refractivity contribution in [2.45, 2.75) is 6.42 Å². The van der Waals surface area contributed by atoms with Crippen molar-refractivity contribution in [1.82, 2.24) is 4.98 Å². The minimum Gasteiger partial charge on any atom is -0.385 e. The predicted molar refractivity (Wildman–Crippen MR) is 141 cm³/mol. The lowest BCUT2D eigenvalue weighted by Gasteiger charge is -2.12. The van der Waals surface area contributed by atoms with Gasteiger partial charge in [-0.2, -0.15) is 0 Å². The van der Waals surface area contributed by atoms with Crippen LogP contribution in [0.1, 0.15) is 16.1 Å². The van der Waals surface area contributed by atoms with Crippen LogP contribution in [-0.2, 0) is 16.4 Å². The molecular formula is C27H26N4O3S. The minimum atomic E-state index is -3.35. The molecule has 0 aliphatic rings. The number of nitrogens with one attached hydrogen (secondary N) is 3. The number of nitrogens with zero attached hydrogens (tertiary/aromatic N) is 1. The molecule has 1 amide bonds. The fourth-order valence-electron chi connectivity index (χ4n) is 3.62. The molecule has 4 rings (SSSR count). The maximum absolute atomic E-state index is 13.1. The van der Waals surface area contributed by atoms with E-state index in [1.165, 1.54) is 0 Å². The van der Waals surface area contributed by atoms with E-state index in [1.54, 1.807) is 36.5 Å². The fraction of sp³-hybridized carbons (Fsp3) is 0.111. The monoisotopic (exact) mass is 486 g/mol. The number of carbonyl (C=O) groups excluding carboxylic acids is 1. The van der Waals surface area contributed by atoms with Crippen LogP contribution in [0.25, 0.3) is 11.1 Å². The number of rotatable bonds is 9. The van der Waals surface area contributed by atoms with Gasteiger partial charge < -0.3 is 10.6 Å². The van der Waals surface area contributed by atoms with Crippen LogP contribution in [0.15, 0.2) is 97.2 Å². The number of aromatic nitrogens is 1. The average molecular weight is 487 g/mol. The Kier molecular flexibility index (Phi) is 7.42. The Hall–Kier alpha value is -4.17. The summed E-state index contributed by atoms with van der Waals surface area (Å²) in [5, 5.41) is 6.31. The van der Waals surface area contributed by atoms with Crippen molar-refractivity contribution in [1.29, 1.82) is 0 Å². The summed E-state index contributed by atoms with van der Waals surface area (Å²) in [7, 11) is -3.35. The van der Waals surface area contributed by atoms with E-state index < -0.39 is 10.0 Å². The number of hydrogen-bond acceptors (Lipinski definition) is 5. The molecule has 178 valence electrons.